The van der Waals surface area contributed by atoms with E-state index >= 15 is 0 Å². The lowest BCUT2D eigenvalue weighted by Gasteiger charge is -2.08. The van der Waals surface area contributed by atoms with Gasteiger partial charge in [-0.2, -0.15) is 0 Å². The number of hydrogen-bond acceptors (Lipinski definition) is 6. The fourth-order valence-electron chi connectivity index (χ4n) is 2.07. The van der Waals surface area contributed by atoms with E-state index in [4.69, 9.17) is 9.15 Å². The van der Waals surface area contributed by atoms with Gasteiger partial charge in [-0.15, -0.1) is 0 Å². The Balaban J connectivity index is 1.68. The van der Waals surface area contributed by atoms with Gasteiger partial charge in [0.25, 0.3) is 11.6 Å². The lowest BCUT2D eigenvalue weighted by Crippen LogP contribution is -2.10. The minimum absolute atomic E-state index is 0.0964. The molecule has 0 aliphatic rings. The van der Waals surface area contributed by atoms with Crippen LogP contribution in [0.5, 0.6) is 11.6 Å². The van der Waals surface area contributed by atoms with Crippen molar-refractivity contribution in [2.24, 2.45) is 0 Å². The SMILES string of the molecule is Cc1cc([N+](=O)[O-])cnc1Oc1ccc(NC(=O)c2ccco2)cc1. The Labute approximate surface area is 142 Å². The Kier molecular flexibility index (Phi) is 4.42. The predicted octanol–water partition coefficient (Wildman–Crippen LogP) is 3.94. The molecule has 25 heavy (non-hydrogen) atoms. The van der Waals surface area contributed by atoms with Gasteiger partial charge in [-0.1, -0.05) is 0 Å². The van der Waals surface area contributed by atoms with Gasteiger partial charge in [0.15, 0.2) is 5.76 Å². The minimum Gasteiger partial charge on any atom is -0.459 e. The first-order chi connectivity index (χ1) is 12.0. The van der Waals surface area contributed by atoms with Crippen molar-refractivity contribution >= 4 is 17.3 Å². The molecule has 0 fully saturated rings. The molecule has 0 spiro atoms. The summed E-state index contributed by atoms with van der Waals surface area (Å²) in [6.07, 6.45) is 2.56. The second-order valence-corrected chi connectivity index (χ2v) is 5.13. The van der Waals surface area contributed by atoms with Gasteiger partial charge in [0.1, 0.15) is 11.9 Å². The molecule has 126 valence electrons. The number of aryl methyl sites for hydroxylation is 1. The standard InChI is InChI=1S/C17H13N3O5/c1-11-9-13(20(22)23)10-18-17(11)25-14-6-4-12(5-7-14)19-16(21)15-3-2-8-24-15/h2-10H,1H3,(H,19,21). The number of rotatable bonds is 5. The third-order valence-electron chi connectivity index (χ3n) is 3.30. The van der Waals surface area contributed by atoms with Gasteiger partial charge in [-0.3, -0.25) is 14.9 Å². The van der Waals surface area contributed by atoms with Gasteiger partial charge >= 0.3 is 0 Å². The number of aromatic nitrogens is 1. The Bertz CT molecular complexity index is 905. The molecule has 2 aromatic heterocycles. The number of pyridine rings is 1. The van der Waals surface area contributed by atoms with Gasteiger partial charge in [-0.05, 0) is 43.3 Å². The van der Waals surface area contributed by atoms with E-state index in [1.54, 1.807) is 43.3 Å². The maximum absolute atomic E-state index is 11.9. The quantitative estimate of drug-likeness (QED) is 0.557. The molecular weight excluding hydrogens is 326 g/mol. The van der Waals surface area contributed by atoms with Crippen LogP contribution in [0.2, 0.25) is 0 Å². The number of nitrogens with one attached hydrogen (secondary N) is 1. The highest BCUT2D eigenvalue weighted by Gasteiger charge is 2.12. The van der Waals surface area contributed by atoms with Crippen molar-refractivity contribution in [3.8, 4) is 11.6 Å². The number of hydrogen-bond donors (Lipinski definition) is 1. The number of amides is 1. The van der Waals surface area contributed by atoms with E-state index in [2.05, 4.69) is 10.3 Å². The first kappa shape index (κ1) is 16.2. The smallest absolute Gasteiger partial charge is 0.291 e. The van der Waals surface area contributed by atoms with Crippen LogP contribution in [0, 0.1) is 17.0 Å². The number of furan rings is 1. The van der Waals surface area contributed by atoms with Crippen LogP contribution in [0.3, 0.4) is 0 Å². The molecule has 1 amide bonds. The second kappa shape index (κ2) is 6.83. The van der Waals surface area contributed by atoms with Gasteiger partial charge in [0.2, 0.25) is 5.88 Å². The highest BCUT2D eigenvalue weighted by Crippen LogP contribution is 2.26. The van der Waals surface area contributed by atoms with Crippen molar-refractivity contribution in [2.45, 2.75) is 6.92 Å². The molecule has 0 saturated heterocycles. The van der Waals surface area contributed by atoms with Crippen molar-refractivity contribution in [2.75, 3.05) is 5.32 Å². The van der Waals surface area contributed by atoms with E-state index in [1.807, 2.05) is 0 Å². The fraction of sp³-hybridized carbons (Fsp3) is 0.0588. The summed E-state index contributed by atoms with van der Waals surface area (Å²) in [4.78, 5) is 26.0. The molecule has 0 unspecified atom stereocenters. The maximum Gasteiger partial charge on any atom is 0.291 e. The Hall–Kier alpha value is -3.68. The lowest BCUT2D eigenvalue weighted by atomic mass is 10.2. The van der Waals surface area contributed by atoms with Crippen LogP contribution in [0.4, 0.5) is 11.4 Å². The average Bonchev–Trinajstić information content (AvgIpc) is 3.13. The number of anilines is 1. The molecule has 1 aromatic carbocycles. The fourth-order valence-corrected chi connectivity index (χ4v) is 2.07. The van der Waals surface area contributed by atoms with Gasteiger partial charge in [-0.25, -0.2) is 4.98 Å². The summed E-state index contributed by atoms with van der Waals surface area (Å²) in [7, 11) is 0. The predicted molar refractivity (Wildman–Crippen MR) is 88.8 cm³/mol. The van der Waals surface area contributed by atoms with Crippen LogP contribution < -0.4 is 10.1 Å². The molecule has 3 aromatic rings. The number of nitrogens with zero attached hydrogens (tertiary/aromatic N) is 2. The summed E-state index contributed by atoms with van der Waals surface area (Å²) in [5.74, 6) is 0.621. The van der Waals surface area contributed by atoms with Crippen LogP contribution in [-0.2, 0) is 0 Å². The summed E-state index contributed by atoms with van der Waals surface area (Å²) < 4.78 is 10.6. The number of carbonyl (C=O) groups is 1. The van der Waals surface area contributed by atoms with Gasteiger partial charge in [0.05, 0.1) is 11.2 Å². The maximum atomic E-state index is 11.9. The van der Waals surface area contributed by atoms with Crippen molar-refractivity contribution < 1.29 is 18.9 Å². The molecule has 0 aliphatic heterocycles. The molecule has 8 nitrogen and oxygen atoms in total. The summed E-state index contributed by atoms with van der Waals surface area (Å²) in [6.45, 7) is 1.67. The van der Waals surface area contributed by atoms with Crippen LogP contribution in [0.1, 0.15) is 16.1 Å². The van der Waals surface area contributed by atoms with Gasteiger partial charge < -0.3 is 14.5 Å². The first-order valence-corrected chi connectivity index (χ1v) is 7.27. The van der Waals surface area contributed by atoms with E-state index < -0.39 is 4.92 Å². The van der Waals surface area contributed by atoms with Gasteiger partial charge in [0, 0.05) is 17.3 Å². The van der Waals surface area contributed by atoms with E-state index in [1.165, 1.54) is 12.3 Å². The van der Waals surface area contributed by atoms with Crippen molar-refractivity contribution in [1.29, 1.82) is 0 Å². The number of nitro groups is 1. The summed E-state index contributed by atoms with van der Waals surface area (Å²) in [6, 6.07) is 11.2. The third-order valence-corrected chi connectivity index (χ3v) is 3.30. The molecule has 0 bridgehead atoms. The average molecular weight is 339 g/mol. The van der Waals surface area contributed by atoms with Crippen molar-refractivity contribution in [3.63, 3.8) is 0 Å². The summed E-state index contributed by atoms with van der Waals surface area (Å²) >= 11 is 0. The van der Waals surface area contributed by atoms with Crippen LogP contribution in [0.15, 0.2) is 59.3 Å². The first-order valence-electron chi connectivity index (χ1n) is 7.27. The summed E-state index contributed by atoms with van der Waals surface area (Å²) in [5, 5.41) is 13.4. The molecule has 3 rings (SSSR count). The zero-order chi connectivity index (χ0) is 17.8. The zero-order valence-electron chi connectivity index (χ0n) is 13.1. The lowest BCUT2D eigenvalue weighted by molar-refractivity contribution is -0.385. The molecule has 2 heterocycles. The van der Waals surface area contributed by atoms with E-state index in [0.717, 1.165) is 6.20 Å². The second-order valence-electron chi connectivity index (χ2n) is 5.13. The molecule has 1 N–H and O–H groups in total. The molecule has 0 atom stereocenters. The van der Waals surface area contributed by atoms with E-state index in [9.17, 15) is 14.9 Å². The molecule has 0 saturated carbocycles. The molecule has 0 aliphatic carbocycles. The Morgan fingerprint density at radius 1 is 1.28 bits per heavy atom. The van der Waals surface area contributed by atoms with E-state index in [0.29, 0.717) is 17.0 Å². The normalized spacial score (nSPS) is 10.3. The monoisotopic (exact) mass is 339 g/mol. The van der Waals surface area contributed by atoms with Crippen molar-refractivity contribution in [3.05, 3.63) is 76.4 Å². The minimum atomic E-state index is -0.514. The summed E-state index contributed by atoms with van der Waals surface area (Å²) in [5.41, 5.74) is 1.02. The molecule has 8 heteroatoms. The molecular formula is C17H13N3O5. The highest BCUT2D eigenvalue weighted by molar-refractivity contribution is 6.02. The highest BCUT2D eigenvalue weighted by atomic mass is 16.6. The Morgan fingerprint density at radius 2 is 2.04 bits per heavy atom. The third kappa shape index (κ3) is 3.81. The number of ether oxygens (including phenoxy) is 1. The largest absolute Gasteiger partial charge is 0.459 e. The number of benzene rings is 1. The van der Waals surface area contributed by atoms with Crippen molar-refractivity contribution in [1.82, 2.24) is 4.98 Å². The van der Waals surface area contributed by atoms with Crippen LogP contribution >= 0.6 is 0 Å². The Morgan fingerprint density at radius 3 is 2.64 bits per heavy atom. The topological polar surface area (TPSA) is 108 Å². The van der Waals surface area contributed by atoms with Crippen LogP contribution in [0.25, 0.3) is 0 Å². The molecule has 0 radical (unpaired) electrons. The number of carbonyl (C=O) groups excluding carboxylic acids is 1. The zero-order valence-corrected chi connectivity index (χ0v) is 13.1. The van der Waals surface area contributed by atoms with E-state index in [-0.39, 0.29) is 23.2 Å². The van der Waals surface area contributed by atoms with Crippen LogP contribution in [-0.4, -0.2) is 15.8 Å².